The molecule has 0 saturated heterocycles. The summed E-state index contributed by atoms with van der Waals surface area (Å²) in [6.07, 6.45) is 0. The summed E-state index contributed by atoms with van der Waals surface area (Å²) >= 11 is 4.47. The topological polar surface area (TPSA) is 26.3 Å². The van der Waals surface area contributed by atoms with Crippen LogP contribution in [-0.4, -0.2) is 21.5 Å². The Labute approximate surface area is 71.9 Å². The first kappa shape index (κ1) is 9.38. The van der Waals surface area contributed by atoms with Crippen molar-refractivity contribution in [2.75, 3.05) is 7.11 Å². The van der Waals surface area contributed by atoms with Gasteiger partial charge in [-0.15, -0.1) is 0 Å². The fourth-order valence-electron chi connectivity index (χ4n) is 0.244. The fraction of sp³-hybridized carbons (Fsp3) is 0.400. The first-order valence-corrected chi connectivity index (χ1v) is 3.66. The number of ether oxygens (including phenoxy) is 1. The van der Waals surface area contributed by atoms with Crippen molar-refractivity contribution in [3.8, 4) is 0 Å². The summed E-state index contributed by atoms with van der Waals surface area (Å²) in [7, 11) is 1.37. The quantitative estimate of drug-likeness (QED) is 0.568. The Morgan fingerprint density at radius 1 is 1.44 bits per heavy atom. The Morgan fingerprint density at radius 3 is 2.00 bits per heavy atom. The average molecular weight is 200 g/mol. The molecule has 2 nitrogen and oxygen atoms in total. The molecular formula is C5H6O2V2. The van der Waals surface area contributed by atoms with Crippen molar-refractivity contribution in [2.24, 2.45) is 0 Å². The van der Waals surface area contributed by atoms with E-state index in [-0.39, 0.29) is 5.97 Å². The molecule has 0 aliphatic rings. The zero-order valence-electron chi connectivity index (χ0n) is 5.21. The number of carbonyl (C=O) groups is 1. The maximum absolute atomic E-state index is 10.6. The average Bonchev–Trinajstić information content (AvgIpc) is 1.84. The summed E-state index contributed by atoms with van der Waals surface area (Å²) in [6, 6.07) is 0. The van der Waals surface area contributed by atoms with Gasteiger partial charge in [0, 0.05) is 0 Å². The van der Waals surface area contributed by atoms with Crippen molar-refractivity contribution >= 4 is 14.4 Å². The number of esters is 1. The van der Waals surface area contributed by atoms with E-state index in [4.69, 9.17) is 0 Å². The second kappa shape index (κ2) is 4.24. The molecule has 0 aliphatic carbocycles. The number of methoxy groups -OCH3 is 1. The number of rotatable bonds is 2. The van der Waals surface area contributed by atoms with Gasteiger partial charge in [0.15, 0.2) is 0 Å². The van der Waals surface area contributed by atoms with Gasteiger partial charge in [-0.2, -0.15) is 0 Å². The van der Waals surface area contributed by atoms with Crippen LogP contribution in [0.1, 0.15) is 6.92 Å². The Hall–Kier alpha value is 0.379. The molecule has 0 rings (SSSR count). The summed E-state index contributed by atoms with van der Waals surface area (Å²) in [4.78, 5) is 10.6. The van der Waals surface area contributed by atoms with Crippen LogP contribution in [0.5, 0.6) is 0 Å². The van der Waals surface area contributed by atoms with Crippen LogP contribution in [0, 0.1) is 0 Å². The second-order valence-corrected chi connectivity index (χ2v) is 3.17. The first-order valence-electron chi connectivity index (χ1n) is 2.26. The van der Waals surface area contributed by atoms with Gasteiger partial charge in [-0.3, -0.25) is 0 Å². The monoisotopic (exact) mass is 200 g/mol. The van der Waals surface area contributed by atoms with Gasteiger partial charge in [0.05, 0.1) is 0 Å². The molecule has 0 aromatic heterocycles. The van der Waals surface area contributed by atoms with Gasteiger partial charge in [-0.05, 0) is 0 Å². The first-order chi connectivity index (χ1) is 4.09. The summed E-state index contributed by atoms with van der Waals surface area (Å²) in [5, 5.41) is 0. The minimum absolute atomic E-state index is 0.284. The van der Waals surface area contributed by atoms with Crippen LogP contribution in [0.25, 0.3) is 0 Å². The Balaban J connectivity index is 4.05. The minimum atomic E-state index is -0.284. The number of carbonyl (C=O) groups excluding carboxylic acids is 1. The molecule has 0 saturated carbocycles. The molecule has 0 atom stereocenters. The predicted octanol–water partition coefficient (Wildman–Crippen LogP) is -0.382. The van der Waals surface area contributed by atoms with Gasteiger partial charge < -0.3 is 0 Å². The van der Waals surface area contributed by atoms with Crippen molar-refractivity contribution in [1.82, 2.24) is 0 Å². The second-order valence-electron chi connectivity index (χ2n) is 1.43. The molecule has 0 radical (unpaired) electrons. The van der Waals surface area contributed by atoms with Crippen molar-refractivity contribution < 1.29 is 43.5 Å². The normalized spacial score (nSPS) is 8.00. The molecule has 0 aromatic carbocycles. The van der Waals surface area contributed by atoms with E-state index in [1.165, 1.54) is 7.11 Å². The summed E-state index contributed by atoms with van der Waals surface area (Å²) in [5.41, 5.74) is 0. The number of hydrogen-bond donors (Lipinski definition) is 0. The van der Waals surface area contributed by atoms with Crippen molar-refractivity contribution in [2.45, 2.75) is 6.92 Å². The van der Waals surface area contributed by atoms with Gasteiger partial charge in [0.1, 0.15) is 0 Å². The van der Waals surface area contributed by atoms with Gasteiger partial charge in [0.25, 0.3) is 0 Å². The van der Waals surface area contributed by atoms with E-state index in [0.29, 0.717) is 4.23 Å². The standard InChI is InChI=1S/C5H6O2.2V/c1-3-4-5(6)7-2;;/h1-2H3;;. The number of hydrogen-bond acceptors (Lipinski definition) is 2. The van der Waals surface area contributed by atoms with Crippen LogP contribution in [0.4, 0.5) is 0 Å². The fourth-order valence-corrected chi connectivity index (χ4v) is 0.529. The molecule has 0 amide bonds. The molecule has 48 valence electrons. The van der Waals surface area contributed by atoms with Crippen LogP contribution in [-0.2, 0) is 43.5 Å². The molecule has 4 heteroatoms. The van der Waals surface area contributed by atoms with E-state index in [2.05, 4.69) is 38.7 Å². The van der Waals surface area contributed by atoms with Crippen molar-refractivity contribution in [3.63, 3.8) is 0 Å². The SMILES string of the molecule is COC(=O)[C](=[V])[C](C)=[V]. The third-order valence-corrected chi connectivity index (χ3v) is 2.33. The van der Waals surface area contributed by atoms with Crippen LogP contribution in [0.3, 0.4) is 0 Å². The van der Waals surface area contributed by atoms with Crippen molar-refractivity contribution in [1.29, 1.82) is 0 Å². The zero-order chi connectivity index (χ0) is 7.44. The molecule has 0 fully saturated rings. The van der Waals surface area contributed by atoms with E-state index in [0.717, 1.165) is 4.23 Å². The Morgan fingerprint density at radius 2 is 1.89 bits per heavy atom. The van der Waals surface area contributed by atoms with E-state index in [1.54, 1.807) is 0 Å². The predicted molar refractivity (Wildman–Crippen MR) is 27.7 cm³/mol. The summed E-state index contributed by atoms with van der Waals surface area (Å²) in [5.74, 6) is -0.284. The molecule has 0 N–H and O–H groups in total. The van der Waals surface area contributed by atoms with Crippen LogP contribution < -0.4 is 0 Å². The van der Waals surface area contributed by atoms with E-state index >= 15 is 0 Å². The summed E-state index contributed by atoms with van der Waals surface area (Å²) in [6.45, 7) is 1.84. The van der Waals surface area contributed by atoms with E-state index in [1.807, 2.05) is 6.92 Å². The molecule has 0 unspecified atom stereocenters. The van der Waals surface area contributed by atoms with Crippen LogP contribution in [0.15, 0.2) is 0 Å². The molecule has 0 aliphatic heterocycles. The Bertz CT molecular complexity index is 162. The molecule has 0 spiro atoms. The van der Waals surface area contributed by atoms with Gasteiger partial charge in [0.2, 0.25) is 0 Å². The van der Waals surface area contributed by atoms with Gasteiger partial charge in [-0.1, -0.05) is 0 Å². The molecule has 9 heavy (non-hydrogen) atoms. The van der Waals surface area contributed by atoms with E-state index in [9.17, 15) is 4.79 Å². The molecule has 0 heterocycles. The van der Waals surface area contributed by atoms with E-state index < -0.39 is 0 Å². The molecule has 0 bridgehead atoms. The zero-order valence-corrected chi connectivity index (χ0v) is 8.00. The maximum atomic E-state index is 10.6. The van der Waals surface area contributed by atoms with Crippen molar-refractivity contribution in [3.05, 3.63) is 0 Å². The Kier molecular flexibility index (Phi) is 4.41. The third kappa shape index (κ3) is 3.16. The summed E-state index contributed by atoms with van der Waals surface area (Å²) < 4.78 is 5.96. The third-order valence-electron chi connectivity index (χ3n) is 0.721. The van der Waals surface area contributed by atoms with Gasteiger partial charge >= 0.3 is 71.9 Å². The van der Waals surface area contributed by atoms with Crippen LogP contribution >= 0.6 is 0 Å². The molecular weight excluding hydrogens is 194 g/mol. The van der Waals surface area contributed by atoms with Crippen LogP contribution in [0.2, 0.25) is 0 Å². The van der Waals surface area contributed by atoms with Gasteiger partial charge in [-0.25, -0.2) is 0 Å². The molecule has 0 aromatic rings.